The number of likely N-dealkylation sites (tertiary alicyclic amines) is 1. The van der Waals surface area contributed by atoms with Crippen LogP contribution in [-0.2, 0) is 38.8 Å². The average molecular weight is 550 g/mol. The number of hydrogen-bond donors (Lipinski definition) is 2. The van der Waals surface area contributed by atoms with Gasteiger partial charge in [0.1, 0.15) is 23.9 Å². The van der Waals surface area contributed by atoms with Gasteiger partial charge in [0.25, 0.3) is 0 Å². The number of hydrogen-bond acceptors (Lipinski definition) is 7. The van der Waals surface area contributed by atoms with Crippen molar-refractivity contribution >= 4 is 6.09 Å². The summed E-state index contributed by atoms with van der Waals surface area (Å²) < 4.78 is 24.3. The van der Waals surface area contributed by atoms with Crippen molar-refractivity contribution in [2.75, 3.05) is 6.61 Å². The van der Waals surface area contributed by atoms with Gasteiger partial charge in [-0.25, -0.2) is 4.79 Å². The molecule has 1 heterocycles. The van der Waals surface area contributed by atoms with Gasteiger partial charge < -0.3 is 29.2 Å². The van der Waals surface area contributed by atoms with Crippen LogP contribution in [0.15, 0.2) is 91.0 Å². The van der Waals surface area contributed by atoms with E-state index >= 15 is 0 Å². The minimum Gasteiger partial charge on any atom is -0.444 e. The van der Waals surface area contributed by atoms with Crippen LogP contribution in [0.1, 0.15) is 37.5 Å². The summed E-state index contributed by atoms with van der Waals surface area (Å²) in [6, 6.07) is 28.0. The molecule has 0 aromatic heterocycles. The number of carbonyl (C=O) groups is 1. The second-order valence-corrected chi connectivity index (χ2v) is 10.9. The molecule has 0 radical (unpaired) electrons. The van der Waals surface area contributed by atoms with Gasteiger partial charge >= 0.3 is 6.09 Å². The zero-order valence-electron chi connectivity index (χ0n) is 23.3. The third kappa shape index (κ3) is 8.13. The van der Waals surface area contributed by atoms with Gasteiger partial charge in [-0.2, -0.15) is 0 Å². The Labute approximate surface area is 236 Å². The fourth-order valence-corrected chi connectivity index (χ4v) is 4.64. The Balaban J connectivity index is 1.63. The number of amides is 1. The lowest BCUT2D eigenvalue weighted by atomic mass is 9.92. The van der Waals surface area contributed by atoms with Crippen molar-refractivity contribution in [2.45, 2.75) is 76.8 Å². The smallest absolute Gasteiger partial charge is 0.412 e. The first-order chi connectivity index (χ1) is 19.2. The van der Waals surface area contributed by atoms with Crippen LogP contribution in [0.2, 0.25) is 0 Å². The SMILES string of the molecule is CC(C)(C)OC(=O)N1[C@H](COCc2ccccc2)[C@@H](OCc2ccccc2)C(OCc2ccccc2)[C@H](O)[C@@H]1O. The number of nitrogens with zero attached hydrogens (tertiary/aromatic N) is 1. The summed E-state index contributed by atoms with van der Waals surface area (Å²) in [5, 5.41) is 22.5. The number of benzene rings is 3. The molecular formula is C32H39NO7. The number of carbonyl (C=O) groups excluding carboxylic acids is 1. The third-order valence-electron chi connectivity index (χ3n) is 6.56. The van der Waals surface area contributed by atoms with Crippen molar-refractivity contribution in [1.82, 2.24) is 4.90 Å². The fraction of sp³-hybridized carbons (Fsp3) is 0.406. The van der Waals surface area contributed by atoms with Gasteiger partial charge in [-0.05, 0) is 37.5 Å². The maximum Gasteiger partial charge on any atom is 0.412 e. The summed E-state index contributed by atoms with van der Waals surface area (Å²) in [5.41, 5.74) is 1.95. The monoisotopic (exact) mass is 549 g/mol. The van der Waals surface area contributed by atoms with Gasteiger partial charge in [-0.1, -0.05) is 91.0 Å². The van der Waals surface area contributed by atoms with E-state index in [1.54, 1.807) is 20.8 Å². The molecule has 0 saturated carbocycles. The highest BCUT2D eigenvalue weighted by Crippen LogP contribution is 2.31. The van der Waals surface area contributed by atoms with Crippen LogP contribution < -0.4 is 0 Å². The summed E-state index contributed by atoms with van der Waals surface area (Å²) >= 11 is 0. The Kier molecular flexibility index (Phi) is 10.3. The first kappa shape index (κ1) is 29.7. The molecule has 40 heavy (non-hydrogen) atoms. The molecule has 0 spiro atoms. The van der Waals surface area contributed by atoms with Crippen LogP contribution in [0.5, 0.6) is 0 Å². The Morgan fingerprint density at radius 2 is 1.18 bits per heavy atom. The normalized spacial score (nSPS) is 23.1. The zero-order valence-corrected chi connectivity index (χ0v) is 23.3. The van der Waals surface area contributed by atoms with E-state index in [0.29, 0.717) is 6.61 Å². The molecule has 3 aromatic carbocycles. The maximum absolute atomic E-state index is 13.4. The van der Waals surface area contributed by atoms with Crippen molar-refractivity contribution in [3.05, 3.63) is 108 Å². The van der Waals surface area contributed by atoms with Crippen molar-refractivity contribution in [2.24, 2.45) is 0 Å². The lowest BCUT2D eigenvalue weighted by Crippen LogP contribution is -2.70. The first-order valence-electron chi connectivity index (χ1n) is 13.5. The van der Waals surface area contributed by atoms with Crippen LogP contribution in [0.25, 0.3) is 0 Å². The number of rotatable bonds is 10. The van der Waals surface area contributed by atoms with E-state index in [-0.39, 0.29) is 19.8 Å². The molecule has 3 aromatic rings. The second kappa shape index (κ2) is 13.9. The van der Waals surface area contributed by atoms with E-state index in [2.05, 4.69) is 0 Å². The quantitative estimate of drug-likeness (QED) is 0.379. The summed E-state index contributed by atoms with van der Waals surface area (Å²) in [4.78, 5) is 14.5. The molecule has 5 atom stereocenters. The van der Waals surface area contributed by atoms with Gasteiger partial charge in [0.05, 0.1) is 32.5 Å². The van der Waals surface area contributed by atoms with Crippen LogP contribution in [0, 0.1) is 0 Å². The minimum absolute atomic E-state index is 0.0164. The van der Waals surface area contributed by atoms with E-state index < -0.39 is 42.3 Å². The lowest BCUT2D eigenvalue weighted by molar-refractivity contribution is -0.245. The van der Waals surface area contributed by atoms with Crippen molar-refractivity contribution in [1.29, 1.82) is 0 Å². The summed E-state index contributed by atoms with van der Waals surface area (Å²) in [5.74, 6) is 0. The fourth-order valence-electron chi connectivity index (χ4n) is 4.64. The minimum atomic E-state index is -1.60. The first-order valence-corrected chi connectivity index (χ1v) is 13.5. The van der Waals surface area contributed by atoms with Gasteiger partial charge in [0.2, 0.25) is 0 Å². The van der Waals surface area contributed by atoms with Crippen LogP contribution in [0.3, 0.4) is 0 Å². The van der Waals surface area contributed by atoms with E-state index in [1.807, 2.05) is 91.0 Å². The van der Waals surface area contributed by atoms with Crippen molar-refractivity contribution in [3.8, 4) is 0 Å². The molecule has 1 fully saturated rings. The molecule has 1 unspecified atom stereocenters. The van der Waals surface area contributed by atoms with Gasteiger partial charge in [-0.3, -0.25) is 4.90 Å². The van der Waals surface area contributed by atoms with Crippen molar-refractivity contribution < 1.29 is 34.0 Å². The standard InChI is InChI=1S/C32H39NO7/c1-32(2,3)40-31(36)33-26(22-37-19-23-13-7-4-8-14-23)28(38-20-24-15-9-5-10-16-24)29(27(34)30(33)35)39-21-25-17-11-6-12-18-25/h4-18,26-30,34-35H,19-22H2,1-3H3/t26-,27+,28-,29?,30+/m1/s1. The van der Waals surface area contributed by atoms with E-state index in [4.69, 9.17) is 18.9 Å². The Hall–Kier alpha value is -3.27. The number of piperidine rings is 1. The molecule has 1 aliphatic rings. The Morgan fingerprint density at radius 3 is 1.65 bits per heavy atom. The molecule has 2 N–H and O–H groups in total. The van der Waals surface area contributed by atoms with Gasteiger partial charge in [0, 0.05) is 0 Å². The van der Waals surface area contributed by atoms with Crippen molar-refractivity contribution in [3.63, 3.8) is 0 Å². The molecule has 8 nitrogen and oxygen atoms in total. The van der Waals surface area contributed by atoms with E-state index in [0.717, 1.165) is 21.6 Å². The van der Waals surface area contributed by atoms with Crippen LogP contribution in [0.4, 0.5) is 4.79 Å². The average Bonchev–Trinajstić information content (AvgIpc) is 2.94. The summed E-state index contributed by atoms with van der Waals surface area (Å²) in [6.45, 7) is 5.93. The highest BCUT2D eigenvalue weighted by atomic mass is 16.6. The van der Waals surface area contributed by atoms with E-state index in [9.17, 15) is 15.0 Å². The van der Waals surface area contributed by atoms with E-state index in [1.165, 1.54) is 0 Å². The summed E-state index contributed by atoms with van der Waals surface area (Å²) in [6.07, 6.45) is -5.63. The molecule has 1 saturated heterocycles. The van der Waals surface area contributed by atoms with Gasteiger partial charge in [0.15, 0.2) is 6.23 Å². The second-order valence-electron chi connectivity index (χ2n) is 10.9. The lowest BCUT2D eigenvalue weighted by Gasteiger charge is -2.49. The predicted octanol–water partition coefficient (Wildman–Crippen LogP) is 4.67. The molecular weight excluding hydrogens is 510 g/mol. The van der Waals surface area contributed by atoms with Crippen LogP contribution >= 0.6 is 0 Å². The molecule has 1 amide bonds. The number of aliphatic hydroxyl groups is 2. The molecule has 4 rings (SSSR count). The zero-order chi connectivity index (χ0) is 28.5. The maximum atomic E-state index is 13.4. The Bertz CT molecular complexity index is 1170. The Morgan fingerprint density at radius 1 is 0.725 bits per heavy atom. The molecule has 214 valence electrons. The summed E-state index contributed by atoms with van der Waals surface area (Å²) in [7, 11) is 0. The molecule has 8 heteroatoms. The van der Waals surface area contributed by atoms with Gasteiger partial charge in [-0.15, -0.1) is 0 Å². The third-order valence-corrected chi connectivity index (χ3v) is 6.56. The highest BCUT2D eigenvalue weighted by Gasteiger charge is 2.52. The molecule has 1 aliphatic heterocycles. The number of aliphatic hydroxyl groups excluding tert-OH is 2. The molecule has 0 aliphatic carbocycles. The van der Waals surface area contributed by atoms with Crippen LogP contribution in [-0.4, -0.2) is 64.0 Å². The topological polar surface area (TPSA) is 97.7 Å². The highest BCUT2D eigenvalue weighted by molar-refractivity contribution is 5.69. The molecule has 0 bridgehead atoms. The number of ether oxygens (including phenoxy) is 4. The predicted molar refractivity (Wildman–Crippen MR) is 150 cm³/mol. The largest absolute Gasteiger partial charge is 0.444 e.